The van der Waals surface area contributed by atoms with Gasteiger partial charge in [0.15, 0.2) is 0 Å². The van der Waals surface area contributed by atoms with Gasteiger partial charge in [-0.15, -0.1) is 0 Å². The summed E-state index contributed by atoms with van der Waals surface area (Å²) in [7, 11) is 1.93. The second-order valence-corrected chi connectivity index (χ2v) is 3.34. The van der Waals surface area contributed by atoms with Crippen LogP contribution in [-0.2, 0) is 13.6 Å². The highest BCUT2D eigenvalue weighted by Gasteiger charge is 2.02. The number of nitrogens with zero attached hydrogens (tertiary/aromatic N) is 2. The van der Waals surface area contributed by atoms with E-state index in [4.69, 9.17) is 5.73 Å². The van der Waals surface area contributed by atoms with Gasteiger partial charge in [-0.1, -0.05) is 0 Å². The molecule has 0 saturated heterocycles. The Balaban J connectivity index is 2.72. The summed E-state index contributed by atoms with van der Waals surface area (Å²) in [5, 5.41) is 5.49. The predicted molar refractivity (Wildman–Crippen MR) is 53.3 cm³/mol. The number of benzene rings is 1. The van der Waals surface area contributed by atoms with E-state index >= 15 is 0 Å². The van der Waals surface area contributed by atoms with Crippen molar-refractivity contribution in [3.8, 4) is 0 Å². The van der Waals surface area contributed by atoms with Gasteiger partial charge in [-0.25, -0.2) is 0 Å². The molecule has 1 heterocycles. The SMILES string of the molecule is Cc1cc2nn(C)cc2cc1CN. The molecular formula is C10H13N3. The molecule has 2 aromatic rings. The minimum atomic E-state index is 0.594. The van der Waals surface area contributed by atoms with Crippen molar-refractivity contribution in [3.63, 3.8) is 0 Å². The minimum absolute atomic E-state index is 0.594. The van der Waals surface area contributed by atoms with Crippen molar-refractivity contribution in [1.82, 2.24) is 9.78 Å². The maximum Gasteiger partial charge on any atom is 0.0926 e. The van der Waals surface area contributed by atoms with Crippen LogP contribution in [0, 0.1) is 6.92 Å². The lowest BCUT2D eigenvalue weighted by Gasteiger charge is -2.00. The van der Waals surface area contributed by atoms with E-state index in [0.29, 0.717) is 6.54 Å². The van der Waals surface area contributed by atoms with E-state index in [1.165, 1.54) is 11.1 Å². The topological polar surface area (TPSA) is 43.8 Å². The second-order valence-electron chi connectivity index (χ2n) is 3.34. The summed E-state index contributed by atoms with van der Waals surface area (Å²) < 4.78 is 1.82. The van der Waals surface area contributed by atoms with Gasteiger partial charge in [-0.3, -0.25) is 4.68 Å². The summed E-state index contributed by atoms with van der Waals surface area (Å²) in [4.78, 5) is 0. The van der Waals surface area contributed by atoms with Crippen LogP contribution in [0.3, 0.4) is 0 Å². The Morgan fingerprint density at radius 1 is 1.46 bits per heavy atom. The molecular weight excluding hydrogens is 162 g/mol. The van der Waals surface area contributed by atoms with Crippen molar-refractivity contribution >= 4 is 10.9 Å². The quantitative estimate of drug-likeness (QED) is 0.710. The van der Waals surface area contributed by atoms with Crippen molar-refractivity contribution in [2.45, 2.75) is 13.5 Å². The summed E-state index contributed by atoms with van der Waals surface area (Å²) in [6.45, 7) is 2.66. The lowest BCUT2D eigenvalue weighted by atomic mass is 10.1. The number of hydrogen-bond acceptors (Lipinski definition) is 2. The first-order valence-electron chi connectivity index (χ1n) is 4.33. The summed E-state index contributed by atoms with van der Waals surface area (Å²) in [5.74, 6) is 0. The highest BCUT2D eigenvalue weighted by molar-refractivity contribution is 5.79. The van der Waals surface area contributed by atoms with Gasteiger partial charge in [0, 0.05) is 25.2 Å². The van der Waals surface area contributed by atoms with Crippen molar-refractivity contribution in [1.29, 1.82) is 0 Å². The van der Waals surface area contributed by atoms with E-state index in [1.807, 2.05) is 17.9 Å². The predicted octanol–water partition coefficient (Wildman–Crippen LogP) is 1.34. The first-order chi connectivity index (χ1) is 6.20. The van der Waals surface area contributed by atoms with Crippen LogP contribution in [-0.4, -0.2) is 9.78 Å². The van der Waals surface area contributed by atoms with Gasteiger partial charge < -0.3 is 5.73 Å². The molecule has 0 unspecified atom stereocenters. The molecule has 68 valence electrons. The van der Waals surface area contributed by atoms with Crippen LogP contribution in [0.15, 0.2) is 18.3 Å². The van der Waals surface area contributed by atoms with E-state index < -0.39 is 0 Å². The molecule has 0 aliphatic heterocycles. The van der Waals surface area contributed by atoms with Crippen LogP contribution in [0.25, 0.3) is 10.9 Å². The van der Waals surface area contributed by atoms with Gasteiger partial charge in [0.25, 0.3) is 0 Å². The number of nitrogens with two attached hydrogens (primary N) is 1. The zero-order valence-corrected chi connectivity index (χ0v) is 7.91. The van der Waals surface area contributed by atoms with E-state index in [1.54, 1.807) is 0 Å². The third kappa shape index (κ3) is 1.31. The molecule has 2 N–H and O–H groups in total. The smallest absolute Gasteiger partial charge is 0.0926 e. The van der Waals surface area contributed by atoms with Crippen molar-refractivity contribution in [2.75, 3.05) is 0 Å². The van der Waals surface area contributed by atoms with Gasteiger partial charge in [0.05, 0.1) is 5.52 Å². The van der Waals surface area contributed by atoms with E-state index in [-0.39, 0.29) is 0 Å². The first-order valence-corrected chi connectivity index (χ1v) is 4.33. The molecule has 0 amide bonds. The highest BCUT2D eigenvalue weighted by atomic mass is 15.2. The molecule has 2 rings (SSSR count). The number of rotatable bonds is 1. The summed E-state index contributed by atoms with van der Waals surface area (Å²) >= 11 is 0. The van der Waals surface area contributed by atoms with Gasteiger partial charge in [0.1, 0.15) is 0 Å². The number of hydrogen-bond donors (Lipinski definition) is 1. The van der Waals surface area contributed by atoms with Gasteiger partial charge in [-0.2, -0.15) is 5.10 Å². The average Bonchev–Trinajstić information content (AvgIpc) is 2.42. The Hall–Kier alpha value is -1.35. The summed E-state index contributed by atoms with van der Waals surface area (Å²) in [6.07, 6.45) is 2.01. The fourth-order valence-corrected chi connectivity index (χ4v) is 1.57. The third-order valence-corrected chi connectivity index (χ3v) is 2.30. The average molecular weight is 175 g/mol. The molecule has 1 aromatic carbocycles. The van der Waals surface area contributed by atoms with Gasteiger partial charge >= 0.3 is 0 Å². The number of aromatic nitrogens is 2. The molecule has 0 radical (unpaired) electrons. The summed E-state index contributed by atoms with van der Waals surface area (Å²) in [6, 6.07) is 4.19. The Labute approximate surface area is 77.2 Å². The number of aryl methyl sites for hydroxylation is 2. The van der Waals surface area contributed by atoms with Crippen LogP contribution in [0.1, 0.15) is 11.1 Å². The Morgan fingerprint density at radius 3 is 2.92 bits per heavy atom. The molecule has 13 heavy (non-hydrogen) atoms. The minimum Gasteiger partial charge on any atom is -0.326 e. The molecule has 0 aliphatic carbocycles. The Bertz CT molecular complexity index is 443. The maximum absolute atomic E-state index is 5.62. The van der Waals surface area contributed by atoms with E-state index in [9.17, 15) is 0 Å². The zero-order valence-electron chi connectivity index (χ0n) is 7.91. The molecule has 1 aromatic heterocycles. The Kier molecular flexibility index (Phi) is 1.81. The van der Waals surface area contributed by atoms with Crippen LogP contribution in [0.2, 0.25) is 0 Å². The molecule has 0 saturated carbocycles. The second kappa shape index (κ2) is 2.85. The van der Waals surface area contributed by atoms with Gasteiger partial charge in [-0.05, 0) is 30.2 Å². The fourth-order valence-electron chi connectivity index (χ4n) is 1.57. The zero-order chi connectivity index (χ0) is 9.42. The van der Waals surface area contributed by atoms with Crippen LogP contribution >= 0.6 is 0 Å². The molecule has 3 nitrogen and oxygen atoms in total. The van der Waals surface area contributed by atoms with Crippen LogP contribution < -0.4 is 5.73 Å². The Morgan fingerprint density at radius 2 is 2.23 bits per heavy atom. The standard InChI is InChI=1S/C10H13N3/c1-7-3-10-9(4-8(7)5-11)6-13(2)12-10/h3-4,6H,5,11H2,1-2H3. The van der Waals surface area contributed by atoms with E-state index in [2.05, 4.69) is 24.2 Å². The third-order valence-electron chi connectivity index (χ3n) is 2.30. The van der Waals surface area contributed by atoms with Gasteiger partial charge in [0.2, 0.25) is 0 Å². The van der Waals surface area contributed by atoms with Crippen molar-refractivity contribution in [2.24, 2.45) is 12.8 Å². The van der Waals surface area contributed by atoms with Crippen molar-refractivity contribution < 1.29 is 0 Å². The fraction of sp³-hybridized carbons (Fsp3) is 0.300. The number of fused-ring (bicyclic) bond motifs is 1. The van der Waals surface area contributed by atoms with Crippen molar-refractivity contribution in [3.05, 3.63) is 29.5 Å². The first kappa shape index (κ1) is 8.26. The maximum atomic E-state index is 5.62. The summed E-state index contributed by atoms with van der Waals surface area (Å²) in [5.41, 5.74) is 9.07. The lowest BCUT2D eigenvalue weighted by Crippen LogP contribution is -1.98. The van der Waals surface area contributed by atoms with E-state index in [0.717, 1.165) is 10.9 Å². The highest BCUT2D eigenvalue weighted by Crippen LogP contribution is 2.17. The largest absolute Gasteiger partial charge is 0.326 e. The molecule has 0 spiro atoms. The van der Waals surface area contributed by atoms with Crippen LogP contribution in [0.4, 0.5) is 0 Å². The monoisotopic (exact) mass is 175 g/mol. The molecule has 3 heteroatoms. The molecule has 0 aliphatic rings. The normalized spacial score (nSPS) is 11.0. The molecule has 0 bridgehead atoms. The molecule has 0 fully saturated rings. The van der Waals surface area contributed by atoms with Crippen LogP contribution in [0.5, 0.6) is 0 Å². The lowest BCUT2D eigenvalue weighted by molar-refractivity contribution is 0.779. The molecule has 0 atom stereocenters.